The van der Waals surface area contributed by atoms with Crippen LogP contribution in [0.15, 0.2) is 78.0 Å². The van der Waals surface area contributed by atoms with Gasteiger partial charge in [-0.05, 0) is 61.5 Å². The number of aromatic nitrogens is 4. The van der Waals surface area contributed by atoms with Gasteiger partial charge < -0.3 is 4.74 Å². The molecule has 2 heterocycles. The number of rotatable bonds is 6. The lowest BCUT2D eigenvalue weighted by Crippen LogP contribution is -2.13. The number of hydrogen-bond donors (Lipinski definition) is 1. The van der Waals surface area contributed by atoms with Crippen LogP contribution in [0.25, 0.3) is 5.82 Å². The zero-order valence-electron chi connectivity index (χ0n) is 17.0. The maximum atomic E-state index is 12.7. The van der Waals surface area contributed by atoms with Gasteiger partial charge in [-0.3, -0.25) is 4.72 Å². The number of alkyl halides is 3. The molecule has 0 aliphatic rings. The van der Waals surface area contributed by atoms with Gasteiger partial charge in [-0.15, -0.1) is 0 Å². The van der Waals surface area contributed by atoms with E-state index in [9.17, 15) is 21.6 Å². The van der Waals surface area contributed by atoms with Crippen molar-refractivity contribution in [3.05, 3.63) is 84.4 Å². The molecule has 0 bridgehead atoms. The standard InChI is InChI=1S/C21H16F3N5O3S/c1-14-26-19(29-12-2-11-25-29)13-20(27-14)32-17-7-5-16(6-8-17)28-33(30,31)18-9-3-15(4-10-18)21(22,23)24/h2-13,28H,1H3. The van der Waals surface area contributed by atoms with Crippen LogP contribution in [0.5, 0.6) is 11.6 Å². The highest BCUT2D eigenvalue weighted by atomic mass is 32.2. The zero-order valence-corrected chi connectivity index (χ0v) is 17.8. The normalized spacial score (nSPS) is 11.9. The van der Waals surface area contributed by atoms with Crippen LogP contribution in [0.1, 0.15) is 11.4 Å². The molecule has 1 N–H and O–H groups in total. The minimum absolute atomic E-state index is 0.207. The number of sulfonamides is 1. The van der Waals surface area contributed by atoms with Gasteiger partial charge in [-0.2, -0.15) is 23.3 Å². The molecule has 0 aliphatic carbocycles. The Labute approximate surface area is 186 Å². The third-order valence-corrected chi connectivity index (χ3v) is 5.76. The highest BCUT2D eigenvalue weighted by molar-refractivity contribution is 7.92. The van der Waals surface area contributed by atoms with Crippen molar-refractivity contribution in [1.29, 1.82) is 0 Å². The molecule has 12 heteroatoms. The van der Waals surface area contributed by atoms with Crippen LogP contribution >= 0.6 is 0 Å². The van der Waals surface area contributed by atoms with Crippen molar-refractivity contribution in [3.8, 4) is 17.4 Å². The average molecular weight is 475 g/mol. The molecule has 0 atom stereocenters. The molecule has 0 radical (unpaired) electrons. The van der Waals surface area contributed by atoms with Gasteiger partial charge in [0.15, 0.2) is 5.82 Å². The molecule has 4 rings (SSSR count). The highest BCUT2D eigenvalue weighted by Crippen LogP contribution is 2.30. The molecule has 4 aromatic rings. The third kappa shape index (κ3) is 5.29. The quantitative estimate of drug-likeness (QED) is 0.438. The van der Waals surface area contributed by atoms with Gasteiger partial charge >= 0.3 is 6.18 Å². The predicted molar refractivity (Wildman–Crippen MR) is 113 cm³/mol. The van der Waals surface area contributed by atoms with Gasteiger partial charge in [0.1, 0.15) is 11.6 Å². The number of hydrogen-bond acceptors (Lipinski definition) is 6. The molecule has 0 saturated carbocycles. The molecule has 0 fully saturated rings. The van der Waals surface area contributed by atoms with Gasteiger partial charge in [0.25, 0.3) is 10.0 Å². The Morgan fingerprint density at radius 3 is 2.30 bits per heavy atom. The maximum absolute atomic E-state index is 12.7. The van der Waals surface area contributed by atoms with E-state index in [0.717, 1.165) is 12.1 Å². The fraction of sp³-hybridized carbons (Fsp3) is 0.0952. The van der Waals surface area contributed by atoms with E-state index in [1.807, 2.05) is 0 Å². The molecule has 0 aliphatic heterocycles. The van der Waals surface area contributed by atoms with E-state index in [2.05, 4.69) is 19.8 Å². The molecule has 0 saturated heterocycles. The van der Waals surface area contributed by atoms with Crippen molar-refractivity contribution in [2.75, 3.05) is 4.72 Å². The number of benzene rings is 2. The van der Waals surface area contributed by atoms with E-state index >= 15 is 0 Å². The molecule has 2 aromatic heterocycles. The lowest BCUT2D eigenvalue weighted by atomic mass is 10.2. The largest absolute Gasteiger partial charge is 0.439 e. The number of halogens is 3. The van der Waals surface area contributed by atoms with Gasteiger partial charge in [-0.25, -0.2) is 18.1 Å². The first kappa shape index (κ1) is 22.3. The fourth-order valence-electron chi connectivity index (χ4n) is 2.85. The Hall–Kier alpha value is -3.93. The Balaban J connectivity index is 1.48. The Bertz CT molecular complexity index is 1360. The van der Waals surface area contributed by atoms with Gasteiger partial charge in [0.05, 0.1) is 10.5 Å². The topological polar surface area (TPSA) is 99.0 Å². The number of nitrogens with zero attached hydrogens (tertiary/aromatic N) is 4. The van der Waals surface area contributed by atoms with Crippen molar-refractivity contribution in [3.63, 3.8) is 0 Å². The summed E-state index contributed by atoms with van der Waals surface area (Å²) in [6.07, 6.45) is -1.21. The van der Waals surface area contributed by atoms with Crippen molar-refractivity contribution >= 4 is 15.7 Å². The molecule has 170 valence electrons. The van der Waals surface area contributed by atoms with Crippen LogP contribution < -0.4 is 9.46 Å². The predicted octanol–water partition coefficient (Wildman–Crippen LogP) is 4.58. The first-order chi connectivity index (χ1) is 15.6. The summed E-state index contributed by atoms with van der Waals surface area (Å²) in [6, 6.07) is 12.5. The summed E-state index contributed by atoms with van der Waals surface area (Å²) in [5, 5.41) is 4.11. The molecule has 33 heavy (non-hydrogen) atoms. The smallest absolute Gasteiger partial charge is 0.416 e. The first-order valence-corrected chi connectivity index (χ1v) is 10.9. The SMILES string of the molecule is Cc1nc(Oc2ccc(NS(=O)(=O)c3ccc(C(F)(F)F)cc3)cc2)cc(-n2cccn2)n1. The Morgan fingerprint density at radius 2 is 1.70 bits per heavy atom. The number of aryl methyl sites for hydroxylation is 1. The minimum Gasteiger partial charge on any atom is -0.439 e. The van der Waals surface area contributed by atoms with E-state index in [1.54, 1.807) is 36.1 Å². The van der Waals surface area contributed by atoms with E-state index < -0.39 is 21.8 Å². The van der Waals surface area contributed by atoms with Crippen LogP contribution in [0.2, 0.25) is 0 Å². The van der Waals surface area contributed by atoms with Crippen LogP contribution in [0.3, 0.4) is 0 Å². The third-order valence-electron chi connectivity index (χ3n) is 4.36. The minimum atomic E-state index is -4.55. The van der Waals surface area contributed by atoms with Crippen LogP contribution in [-0.2, 0) is 16.2 Å². The summed E-state index contributed by atoms with van der Waals surface area (Å²) in [5.41, 5.74) is -0.725. The van der Waals surface area contributed by atoms with Crippen molar-refractivity contribution in [1.82, 2.24) is 19.7 Å². The molecule has 2 aromatic carbocycles. The van der Waals surface area contributed by atoms with Crippen LogP contribution in [-0.4, -0.2) is 28.2 Å². The van der Waals surface area contributed by atoms with Crippen LogP contribution in [0, 0.1) is 6.92 Å². The average Bonchev–Trinajstić information content (AvgIpc) is 3.29. The lowest BCUT2D eigenvalue weighted by Gasteiger charge is -2.11. The van der Waals surface area contributed by atoms with E-state index in [4.69, 9.17) is 4.74 Å². The lowest BCUT2D eigenvalue weighted by molar-refractivity contribution is -0.137. The highest BCUT2D eigenvalue weighted by Gasteiger charge is 2.30. The zero-order chi connectivity index (χ0) is 23.6. The maximum Gasteiger partial charge on any atom is 0.416 e. The summed E-state index contributed by atoms with van der Waals surface area (Å²) in [6.45, 7) is 1.71. The second-order valence-electron chi connectivity index (χ2n) is 6.82. The summed E-state index contributed by atoms with van der Waals surface area (Å²) in [4.78, 5) is 8.22. The van der Waals surface area contributed by atoms with Gasteiger partial charge in [0, 0.05) is 24.1 Å². The van der Waals surface area contributed by atoms with E-state index in [0.29, 0.717) is 29.5 Å². The number of ether oxygens (including phenoxy) is 1. The first-order valence-electron chi connectivity index (χ1n) is 9.44. The molecular formula is C21H16F3N5O3S. The molecule has 8 nitrogen and oxygen atoms in total. The van der Waals surface area contributed by atoms with Crippen molar-refractivity contribution < 1.29 is 26.3 Å². The van der Waals surface area contributed by atoms with E-state index in [-0.39, 0.29) is 16.5 Å². The molecule has 0 unspecified atom stereocenters. The molecule has 0 amide bonds. The monoisotopic (exact) mass is 475 g/mol. The van der Waals surface area contributed by atoms with Crippen molar-refractivity contribution in [2.45, 2.75) is 18.0 Å². The summed E-state index contributed by atoms with van der Waals surface area (Å²) >= 11 is 0. The Morgan fingerprint density at radius 1 is 1.00 bits per heavy atom. The summed E-state index contributed by atoms with van der Waals surface area (Å²) in [7, 11) is -4.07. The van der Waals surface area contributed by atoms with Gasteiger partial charge in [-0.1, -0.05) is 0 Å². The molecular weight excluding hydrogens is 459 g/mol. The van der Waals surface area contributed by atoms with Gasteiger partial charge in [0.2, 0.25) is 5.88 Å². The molecule has 0 spiro atoms. The second-order valence-corrected chi connectivity index (χ2v) is 8.50. The van der Waals surface area contributed by atoms with Crippen molar-refractivity contribution in [2.24, 2.45) is 0 Å². The summed E-state index contributed by atoms with van der Waals surface area (Å²) in [5.74, 6) is 1.64. The second kappa shape index (κ2) is 8.54. The summed E-state index contributed by atoms with van der Waals surface area (Å²) < 4.78 is 72.6. The fourth-order valence-corrected chi connectivity index (χ4v) is 3.91. The van der Waals surface area contributed by atoms with E-state index in [1.165, 1.54) is 24.3 Å². The Kier molecular flexibility index (Phi) is 5.77. The number of anilines is 1. The number of nitrogens with one attached hydrogen (secondary N) is 1. The van der Waals surface area contributed by atoms with Crippen LogP contribution in [0.4, 0.5) is 18.9 Å².